The van der Waals surface area contributed by atoms with Crippen molar-refractivity contribution in [2.24, 2.45) is 28.2 Å². The van der Waals surface area contributed by atoms with Crippen molar-refractivity contribution < 1.29 is 28.4 Å². The molecule has 0 aliphatic heterocycles. The molecule has 0 spiro atoms. The van der Waals surface area contributed by atoms with Crippen LogP contribution in [0.2, 0.25) is 0 Å². The fourth-order valence-corrected chi connectivity index (χ4v) is 21.6. The lowest BCUT2D eigenvalue weighted by Crippen LogP contribution is -1.98. The van der Waals surface area contributed by atoms with E-state index < -0.39 is 0 Å². The molecule has 24 aromatic rings. The van der Waals surface area contributed by atoms with Gasteiger partial charge in [-0.1, -0.05) is 0 Å². The first-order valence-corrected chi connectivity index (χ1v) is 48.7. The molecule has 145 heavy (non-hydrogen) atoms. The molecule has 0 bridgehead atoms. The maximum Gasteiger partial charge on any atom is 0.158 e. The molecule has 12 atom stereocenters. The molecule has 0 saturated heterocycles. The fraction of sp³-hybridized carbons (Fsp3) is 0.284. The van der Waals surface area contributed by atoms with Crippen molar-refractivity contribution in [3.63, 3.8) is 0 Å². The number of aryl methyl sites for hydroxylation is 7. The smallest absolute Gasteiger partial charge is 0.158 e. The third kappa shape index (κ3) is 16.2. The van der Waals surface area contributed by atoms with Gasteiger partial charge in [0.05, 0.1) is 123 Å². The van der Waals surface area contributed by atoms with Crippen LogP contribution in [-0.4, -0.2) is 187 Å². The Kier molecular flexibility index (Phi) is 21.9. The van der Waals surface area contributed by atoms with E-state index in [1.165, 1.54) is 51.0 Å². The first-order valence-electron chi connectivity index (χ1n) is 48.7. The minimum Gasteiger partial charge on any atom is -0.497 e. The molecular weight excluding hydrogens is 1830 g/mol. The van der Waals surface area contributed by atoms with E-state index in [9.17, 15) is 0 Å². The highest BCUT2D eigenvalue weighted by Gasteiger charge is 2.50. The monoisotopic (exact) mass is 1930 g/mol. The second-order valence-corrected chi connectivity index (χ2v) is 38.3. The summed E-state index contributed by atoms with van der Waals surface area (Å²) >= 11 is 0. The van der Waals surface area contributed by atoms with Gasteiger partial charge in [0, 0.05) is 257 Å². The van der Waals surface area contributed by atoms with E-state index in [2.05, 4.69) is 115 Å². The first kappa shape index (κ1) is 89.0. The van der Waals surface area contributed by atoms with Gasteiger partial charge in [0.1, 0.15) is 101 Å². The zero-order valence-corrected chi connectivity index (χ0v) is 82.2. The maximum atomic E-state index is 5.32. The Labute approximate surface area is 829 Å². The van der Waals surface area contributed by atoms with E-state index in [1.807, 2.05) is 290 Å². The summed E-state index contributed by atoms with van der Waals surface area (Å²) in [5.74, 6) is 10.1. The summed E-state index contributed by atoms with van der Waals surface area (Å²) < 4.78 is 55.7. The molecule has 0 amide bonds. The second kappa shape index (κ2) is 35.7. The van der Waals surface area contributed by atoms with Gasteiger partial charge in [0.25, 0.3) is 0 Å². The SMILES string of the molecule is COc1ccn2c(C)c(C3CC3c3c4ncccc4nn3C)nc2c1.COc1ccn2c(C)c(C3CC3c3cnn4cccnc34)nc2c1.COc1ccn2c(C)c(C3CC3c3nn(C)c4cccnc34)nc2c1.COc1ccn2cc(C3CC3c3c4ncccc4nn3C)nc2c1.COc1ccn2cc(C3CC3c3cnn4cccnc34)nc2c1.COc1ccn2cc(C3CC3c3nn(C)c4cccnc34)nc2c1. The van der Waals surface area contributed by atoms with Gasteiger partial charge in [-0.25, -0.2) is 48.9 Å². The van der Waals surface area contributed by atoms with Gasteiger partial charge in [0.15, 0.2) is 11.3 Å². The lowest BCUT2D eigenvalue weighted by atomic mass is 10.1. The van der Waals surface area contributed by atoms with E-state index in [1.54, 1.807) is 42.7 Å². The molecule has 36 nitrogen and oxygen atoms in total. The molecular formula is C109H104N30O6. The molecule has 726 valence electrons. The Morgan fingerprint density at radius 1 is 0.276 bits per heavy atom. The Morgan fingerprint density at radius 3 is 1.00 bits per heavy atom. The van der Waals surface area contributed by atoms with Crippen LogP contribution in [0.4, 0.5) is 0 Å². The molecule has 12 unspecified atom stereocenters. The average Bonchev–Trinajstić information content (AvgIpc) is 1.54. The van der Waals surface area contributed by atoms with Gasteiger partial charge in [0.2, 0.25) is 0 Å². The van der Waals surface area contributed by atoms with Crippen LogP contribution in [0.1, 0.15) is 195 Å². The van der Waals surface area contributed by atoms with E-state index in [0.29, 0.717) is 71.0 Å². The number of rotatable bonds is 18. The number of aromatic nitrogens is 30. The summed E-state index contributed by atoms with van der Waals surface area (Å²) in [6.07, 6.45) is 43.6. The van der Waals surface area contributed by atoms with Crippen molar-refractivity contribution in [2.45, 2.75) is 130 Å². The number of methoxy groups -OCH3 is 6. The number of hydrogen-bond acceptors (Lipinski definition) is 24. The van der Waals surface area contributed by atoms with Gasteiger partial charge >= 0.3 is 0 Å². The minimum atomic E-state index is 0.393. The van der Waals surface area contributed by atoms with E-state index in [-0.39, 0.29) is 0 Å². The van der Waals surface area contributed by atoms with E-state index >= 15 is 0 Å². The lowest BCUT2D eigenvalue weighted by Gasteiger charge is -2.02. The Morgan fingerprint density at radius 2 is 0.579 bits per heavy atom. The summed E-state index contributed by atoms with van der Waals surface area (Å²) in [4.78, 5) is 56.0. The van der Waals surface area contributed by atoms with Crippen molar-refractivity contribution in [3.05, 3.63) is 336 Å². The number of ether oxygens (including phenoxy) is 6. The van der Waals surface area contributed by atoms with E-state index in [4.69, 9.17) is 68.5 Å². The van der Waals surface area contributed by atoms with Crippen LogP contribution in [0.5, 0.6) is 34.5 Å². The average molecular weight is 1930 g/mol. The largest absolute Gasteiger partial charge is 0.497 e. The number of fused-ring (bicyclic) bond motifs is 12. The van der Waals surface area contributed by atoms with Crippen LogP contribution in [0.15, 0.2) is 251 Å². The molecule has 0 radical (unpaired) electrons. The fourth-order valence-electron chi connectivity index (χ4n) is 21.6. The molecule has 0 aromatic carbocycles. The van der Waals surface area contributed by atoms with Gasteiger partial charge in [-0.3, -0.25) is 38.7 Å². The highest BCUT2D eigenvalue weighted by Crippen LogP contribution is 2.61. The van der Waals surface area contributed by atoms with Crippen LogP contribution < -0.4 is 28.4 Å². The van der Waals surface area contributed by atoms with Gasteiger partial charge in [-0.15, -0.1) is 0 Å². The first-order chi connectivity index (χ1) is 70.9. The lowest BCUT2D eigenvalue weighted by molar-refractivity contribution is 0.414. The molecule has 6 aliphatic rings. The molecule has 36 heteroatoms. The zero-order valence-electron chi connectivity index (χ0n) is 82.2. The highest BCUT2D eigenvalue weighted by molar-refractivity contribution is 5.82. The van der Waals surface area contributed by atoms with Crippen molar-refractivity contribution in [3.8, 4) is 34.5 Å². The molecule has 30 rings (SSSR count). The van der Waals surface area contributed by atoms with Crippen molar-refractivity contribution in [1.82, 2.24) is 145 Å². The summed E-state index contributed by atoms with van der Waals surface area (Å²) in [5, 5.41) is 27.4. The molecule has 6 aliphatic carbocycles. The molecule has 0 N–H and O–H groups in total. The van der Waals surface area contributed by atoms with Crippen molar-refractivity contribution in [1.29, 1.82) is 0 Å². The summed E-state index contributed by atoms with van der Waals surface area (Å²) in [6.45, 7) is 6.40. The number of nitrogens with zero attached hydrogens (tertiary/aromatic N) is 30. The Bertz CT molecular complexity index is 9100. The maximum absolute atomic E-state index is 5.32. The molecule has 24 heterocycles. The Hall–Kier alpha value is -17.3. The van der Waals surface area contributed by atoms with Crippen LogP contribution in [0.25, 0.3) is 89.3 Å². The summed E-state index contributed by atoms with van der Waals surface area (Å²) in [5.41, 5.74) is 33.1. The van der Waals surface area contributed by atoms with E-state index in [0.717, 1.165) is 196 Å². The van der Waals surface area contributed by atoms with Gasteiger partial charge in [-0.05, 0) is 168 Å². The van der Waals surface area contributed by atoms with Crippen LogP contribution in [0, 0.1) is 20.8 Å². The van der Waals surface area contributed by atoms with Crippen LogP contribution in [0.3, 0.4) is 0 Å². The highest BCUT2D eigenvalue weighted by atomic mass is 16.5. The normalized spacial score (nSPS) is 19.9. The summed E-state index contributed by atoms with van der Waals surface area (Å²) in [7, 11) is 18.0. The zero-order chi connectivity index (χ0) is 98.4. The second-order valence-electron chi connectivity index (χ2n) is 38.3. The Balaban J connectivity index is 0.0000000909. The predicted molar refractivity (Wildman–Crippen MR) is 545 cm³/mol. The van der Waals surface area contributed by atoms with Crippen LogP contribution in [-0.2, 0) is 28.2 Å². The number of pyridine rings is 10. The summed E-state index contributed by atoms with van der Waals surface area (Å²) in [6, 6.07) is 43.3. The number of hydrogen-bond donors (Lipinski definition) is 0. The molecule has 6 fully saturated rings. The van der Waals surface area contributed by atoms with Crippen molar-refractivity contribution >= 4 is 89.3 Å². The molecule has 24 aromatic heterocycles. The minimum absolute atomic E-state index is 0.393. The van der Waals surface area contributed by atoms with Crippen LogP contribution >= 0.6 is 0 Å². The third-order valence-electron chi connectivity index (χ3n) is 29.7. The van der Waals surface area contributed by atoms with Gasteiger partial charge in [-0.2, -0.15) is 30.6 Å². The van der Waals surface area contributed by atoms with Gasteiger partial charge < -0.3 is 54.8 Å². The van der Waals surface area contributed by atoms with Crippen molar-refractivity contribution in [2.75, 3.05) is 42.7 Å². The third-order valence-corrected chi connectivity index (χ3v) is 29.7. The number of imidazole rings is 6. The predicted octanol–water partition coefficient (Wildman–Crippen LogP) is 17.8. The standard InChI is InChI=1S/2C19H19N5O.3C18H17N5O.C17H15N5O/c1-11-17(21-16-9-12(25-3)6-8-24(11)16)13-10-14(13)19-18-15(22-23(19)2)5-4-7-20-18;1-11-17(21-16-9-12(25-3)6-8-24(11)16)13-10-14(13)18-19-15(23(2)22-18)5-4-7-20-19;1-11-17(21-16-8-12(24-2)4-7-22(11)16)14-9-13(14)15-10-20-23-6-3-5-19-18(15)23;1-22-15-4-3-6-19-18(15)17(21-22)13-9-12(13)14-10-23-7-5-11(24-2)8-16(23)20-14;1-22-18(17-14(21-22)4-3-6-19-17)13-9-12(13)15-10-23-7-5-11(24-2)8-16(23)20-15;1-23-11-3-6-21-10-15(20-16(21)7-11)13-8-12(13)14-9-19-22-5-2-4-18-17(14)22/h2*4-9,13-14H,10H2,1-3H3;3-8,10,13-14H,9H2,1-2H3;2*3-8,10,12-13H,9H2,1-2H3;2-7,9-10,12-13H,8H2,1H3. The molecule has 6 saturated carbocycles. The topological polar surface area (TPSA) is 342 Å². The quantitative estimate of drug-likeness (QED) is 0.0770.